The number of nitrogens with zero attached hydrogens (tertiary/aromatic N) is 2. The Morgan fingerprint density at radius 2 is 1.50 bits per heavy atom. The molecule has 0 aliphatic heterocycles. The van der Waals surface area contributed by atoms with E-state index in [4.69, 9.17) is 9.15 Å². The summed E-state index contributed by atoms with van der Waals surface area (Å²) in [5.74, 6) is 1.30. The lowest BCUT2D eigenvalue weighted by Crippen LogP contribution is -2.30. The predicted molar refractivity (Wildman–Crippen MR) is 123 cm³/mol. The highest BCUT2D eigenvalue weighted by Gasteiger charge is 2.15. The van der Waals surface area contributed by atoms with Gasteiger partial charge in [-0.15, -0.1) is 10.2 Å². The maximum absolute atomic E-state index is 12.4. The zero-order valence-electron chi connectivity index (χ0n) is 16.1. The summed E-state index contributed by atoms with van der Waals surface area (Å²) in [6.07, 6.45) is -0.630. The Hall–Kier alpha value is -3.20. The minimum Gasteiger partial charge on any atom is -0.481 e. The van der Waals surface area contributed by atoms with Gasteiger partial charge in [0.25, 0.3) is 5.91 Å². The fourth-order valence-corrected chi connectivity index (χ4v) is 3.11. The van der Waals surface area contributed by atoms with Crippen LogP contribution in [0.3, 0.4) is 0 Å². The van der Waals surface area contributed by atoms with Crippen molar-refractivity contribution in [1.29, 1.82) is 0 Å². The van der Waals surface area contributed by atoms with Crippen LogP contribution in [0.5, 0.6) is 5.75 Å². The van der Waals surface area contributed by atoms with Gasteiger partial charge in [0.1, 0.15) is 5.75 Å². The first kappa shape index (κ1) is 20.1. The van der Waals surface area contributed by atoms with E-state index in [0.29, 0.717) is 23.2 Å². The van der Waals surface area contributed by atoms with E-state index in [2.05, 4.69) is 38.1 Å². The molecule has 1 N–H and O–H groups in total. The van der Waals surface area contributed by atoms with Crippen molar-refractivity contribution >= 4 is 34.2 Å². The number of carbonyl (C=O) groups excluding carboxylic acids is 1. The van der Waals surface area contributed by atoms with Gasteiger partial charge in [0, 0.05) is 20.4 Å². The maximum atomic E-state index is 12.4. The molecule has 30 heavy (non-hydrogen) atoms. The molecule has 0 saturated heterocycles. The average Bonchev–Trinajstić information content (AvgIpc) is 3.27. The van der Waals surface area contributed by atoms with Gasteiger partial charge in [-0.2, -0.15) is 0 Å². The van der Waals surface area contributed by atoms with Crippen molar-refractivity contribution in [3.63, 3.8) is 0 Å². The van der Waals surface area contributed by atoms with Crippen molar-refractivity contribution in [3.8, 4) is 28.7 Å². The number of hydrogen-bond acceptors (Lipinski definition) is 5. The molecule has 1 atom stereocenters. The summed E-state index contributed by atoms with van der Waals surface area (Å²) in [5, 5.41) is 11.1. The number of rotatable bonds is 6. The molecule has 0 aliphatic rings. The minimum absolute atomic E-state index is 0.231. The van der Waals surface area contributed by atoms with Gasteiger partial charge in [-0.25, -0.2) is 0 Å². The molecule has 1 amide bonds. The lowest BCUT2D eigenvalue weighted by molar-refractivity contribution is -0.122. The van der Waals surface area contributed by atoms with Crippen LogP contribution < -0.4 is 10.1 Å². The molecule has 1 heterocycles. The minimum atomic E-state index is -0.630. The summed E-state index contributed by atoms with van der Waals surface area (Å²) in [5.41, 5.74) is 2.29. The van der Waals surface area contributed by atoms with Gasteiger partial charge in [0.05, 0.1) is 0 Å². The number of aromatic nitrogens is 2. The molecule has 0 aliphatic carbocycles. The van der Waals surface area contributed by atoms with Crippen molar-refractivity contribution in [2.24, 2.45) is 0 Å². The molecular formula is C23H18IN3O3. The first-order chi connectivity index (χ1) is 14.6. The van der Waals surface area contributed by atoms with Crippen LogP contribution in [0.25, 0.3) is 22.9 Å². The third kappa shape index (κ3) is 4.85. The zero-order valence-corrected chi connectivity index (χ0v) is 18.2. The molecule has 150 valence electrons. The smallest absolute Gasteiger partial charge is 0.265 e. The van der Waals surface area contributed by atoms with Crippen LogP contribution in [0.4, 0.5) is 5.69 Å². The van der Waals surface area contributed by atoms with Gasteiger partial charge in [0.2, 0.25) is 11.8 Å². The molecule has 1 aromatic heterocycles. The summed E-state index contributed by atoms with van der Waals surface area (Å²) in [4.78, 5) is 12.4. The van der Waals surface area contributed by atoms with Crippen molar-refractivity contribution in [2.45, 2.75) is 13.0 Å². The van der Waals surface area contributed by atoms with Crippen LogP contribution in [-0.4, -0.2) is 22.2 Å². The van der Waals surface area contributed by atoms with E-state index in [-0.39, 0.29) is 5.91 Å². The third-order valence-corrected chi connectivity index (χ3v) is 5.06. The molecule has 6 nitrogen and oxygen atoms in total. The standard InChI is InChI=1S/C23H18IN3O3/c1-15(29-20-13-9-18(24)10-14-20)21(28)25-19-11-7-17(8-12-19)23-27-26-22(30-23)16-5-3-2-4-6-16/h2-15H,1H3,(H,25,28). The second kappa shape index (κ2) is 9.08. The van der Waals surface area contributed by atoms with Crippen molar-refractivity contribution in [2.75, 3.05) is 5.32 Å². The lowest BCUT2D eigenvalue weighted by Gasteiger charge is -2.15. The van der Waals surface area contributed by atoms with Crippen LogP contribution in [0.15, 0.2) is 83.3 Å². The average molecular weight is 511 g/mol. The Morgan fingerprint density at radius 3 is 2.13 bits per heavy atom. The SMILES string of the molecule is CC(Oc1ccc(I)cc1)C(=O)Nc1ccc(-c2nnc(-c3ccccc3)o2)cc1. The summed E-state index contributed by atoms with van der Waals surface area (Å²) < 4.78 is 12.6. The van der Waals surface area contributed by atoms with Gasteiger partial charge in [-0.3, -0.25) is 4.79 Å². The topological polar surface area (TPSA) is 77.2 Å². The number of carbonyl (C=O) groups is 1. The summed E-state index contributed by atoms with van der Waals surface area (Å²) in [6.45, 7) is 1.71. The molecule has 1 unspecified atom stereocenters. The van der Waals surface area contributed by atoms with E-state index in [9.17, 15) is 4.79 Å². The number of anilines is 1. The van der Waals surface area contributed by atoms with E-state index < -0.39 is 6.10 Å². The molecule has 0 radical (unpaired) electrons. The van der Waals surface area contributed by atoms with Crippen LogP contribution >= 0.6 is 22.6 Å². The van der Waals surface area contributed by atoms with Gasteiger partial charge < -0.3 is 14.5 Å². The first-order valence-corrected chi connectivity index (χ1v) is 10.4. The molecule has 0 spiro atoms. The number of hydrogen-bond donors (Lipinski definition) is 1. The van der Waals surface area contributed by atoms with Crippen molar-refractivity contribution in [3.05, 3.63) is 82.4 Å². The number of benzene rings is 3. The summed E-state index contributed by atoms with van der Waals surface area (Å²) in [6, 6.07) is 24.4. The molecule has 0 saturated carbocycles. The van der Waals surface area contributed by atoms with E-state index in [1.165, 1.54) is 0 Å². The van der Waals surface area contributed by atoms with Crippen LogP contribution in [-0.2, 0) is 4.79 Å². The highest BCUT2D eigenvalue weighted by Crippen LogP contribution is 2.25. The quantitative estimate of drug-likeness (QED) is 0.350. The largest absolute Gasteiger partial charge is 0.481 e. The Kier molecular flexibility index (Phi) is 6.08. The molecule has 0 fully saturated rings. The van der Waals surface area contributed by atoms with Gasteiger partial charge in [0.15, 0.2) is 6.10 Å². The van der Waals surface area contributed by atoms with E-state index in [1.807, 2.05) is 66.7 Å². The molecule has 4 rings (SSSR count). The molecule has 0 bridgehead atoms. The number of nitrogens with one attached hydrogen (secondary N) is 1. The molecular weight excluding hydrogens is 493 g/mol. The van der Waals surface area contributed by atoms with Crippen LogP contribution in [0.1, 0.15) is 6.92 Å². The normalized spacial score (nSPS) is 11.7. The van der Waals surface area contributed by atoms with Crippen molar-refractivity contribution in [1.82, 2.24) is 10.2 Å². The fraction of sp³-hybridized carbons (Fsp3) is 0.0870. The predicted octanol–water partition coefficient (Wildman–Crippen LogP) is 5.41. The van der Waals surface area contributed by atoms with Gasteiger partial charge >= 0.3 is 0 Å². The first-order valence-electron chi connectivity index (χ1n) is 9.31. The number of ether oxygens (including phenoxy) is 1. The second-order valence-electron chi connectivity index (χ2n) is 6.56. The Labute approximate surface area is 187 Å². The third-order valence-electron chi connectivity index (χ3n) is 4.34. The van der Waals surface area contributed by atoms with Crippen LogP contribution in [0, 0.1) is 3.57 Å². The molecule has 7 heteroatoms. The van der Waals surface area contributed by atoms with Crippen LogP contribution in [0.2, 0.25) is 0 Å². The van der Waals surface area contributed by atoms with E-state index >= 15 is 0 Å². The molecule has 3 aromatic carbocycles. The zero-order chi connectivity index (χ0) is 20.9. The number of amides is 1. The Balaban J connectivity index is 1.39. The highest BCUT2D eigenvalue weighted by atomic mass is 127. The lowest BCUT2D eigenvalue weighted by atomic mass is 10.2. The summed E-state index contributed by atoms with van der Waals surface area (Å²) in [7, 11) is 0. The van der Waals surface area contributed by atoms with Crippen molar-refractivity contribution < 1.29 is 13.9 Å². The highest BCUT2D eigenvalue weighted by molar-refractivity contribution is 14.1. The molecule has 4 aromatic rings. The monoisotopic (exact) mass is 511 g/mol. The van der Waals surface area contributed by atoms with Gasteiger partial charge in [-0.1, -0.05) is 18.2 Å². The fourth-order valence-electron chi connectivity index (χ4n) is 2.75. The van der Waals surface area contributed by atoms with E-state index in [0.717, 1.165) is 14.7 Å². The maximum Gasteiger partial charge on any atom is 0.265 e. The van der Waals surface area contributed by atoms with Gasteiger partial charge in [-0.05, 0) is 90.2 Å². The number of halogens is 1. The Bertz CT molecular complexity index is 1130. The van der Waals surface area contributed by atoms with E-state index in [1.54, 1.807) is 19.1 Å². The second-order valence-corrected chi connectivity index (χ2v) is 7.80. The Morgan fingerprint density at radius 1 is 0.900 bits per heavy atom. The summed E-state index contributed by atoms with van der Waals surface area (Å²) >= 11 is 2.22.